The Kier molecular flexibility index (Phi) is 4.79. The molecule has 2 heterocycles. The molecule has 0 saturated heterocycles. The molecule has 1 aliphatic carbocycles. The highest BCUT2D eigenvalue weighted by Crippen LogP contribution is 2.25. The minimum atomic E-state index is -0.163. The smallest absolute Gasteiger partial charge is 0.256 e. The summed E-state index contributed by atoms with van der Waals surface area (Å²) in [6.07, 6.45) is 6.54. The second-order valence-corrected chi connectivity index (χ2v) is 8.54. The van der Waals surface area contributed by atoms with E-state index >= 15 is 0 Å². The number of aromatic nitrogens is 3. The maximum atomic E-state index is 12.7. The fourth-order valence-electron chi connectivity index (χ4n) is 3.67. The molecular formula is C22H27N5O. The van der Waals surface area contributed by atoms with Gasteiger partial charge in [0.05, 0.1) is 6.20 Å². The zero-order valence-electron chi connectivity index (χ0n) is 16.7. The molecule has 1 fully saturated rings. The molecule has 0 spiro atoms. The summed E-state index contributed by atoms with van der Waals surface area (Å²) in [5.74, 6) is 1.22. The summed E-state index contributed by atoms with van der Waals surface area (Å²) in [5.41, 5.74) is 2.59. The number of hydrogen-bond acceptors (Lipinski definition) is 4. The van der Waals surface area contributed by atoms with Gasteiger partial charge in [0.25, 0.3) is 5.91 Å². The lowest BCUT2D eigenvalue weighted by atomic mass is 9.87. The Morgan fingerprint density at radius 1 is 1.11 bits per heavy atom. The van der Waals surface area contributed by atoms with Gasteiger partial charge in [-0.15, -0.1) is 0 Å². The zero-order valence-corrected chi connectivity index (χ0v) is 16.7. The first-order valence-corrected chi connectivity index (χ1v) is 9.93. The van der Waals surface area contributed by atoms with Crippen molar-refractivity contribution in [3.05, 3.63) is 53.7 Å². The molecule has 0 unspecified atom stereocenters. The van der Waals surface area contributed by atoms with Gasteiger partial charge in [-0.05, 0) is 36.0 Å². The number of benzene rings is 1. The van der Waals surface area contributed by atoms with Crippen molar-refractivity contribution in [3.63, 3.8) is 0 Å². The largest absolute Gasteiger partial charge is 0.367 e. The average molecular weight is 377 g/mol. The number of nitrogens with zero attached hydrogens (tertiary/aromatic N) is 3. The third-order valence-electron chi connectivity index (χ3n) is 5.32. The van der Waals surface area contributed by atoms with E-state index in [1.165, 1.54) is 18.4 Å². The monoisotopic (exact) mass is 377 g/mol. The van der Waals surface area contributed by atoms with Gasteiger partial charge in [-0.3, -0.25) is 4.79 Å². The normalized spacial score (nSPS) is 15.1. The predicted octanol–water partition coefficient (Wildman–Crippen LogP) is 4.63. The second kappa shape index (κ2) is 7.26. The standard InChI is InChI=1S/C22H27N5O/c1-22(2,3)16-10-8-15(9-11-16)21(28)26-18-14-20(24-17-6-4-5-7-17)27-19(25-18)12-13-23-27/h8-14,17,24H,4-7H2,1-3H3,(H,25,26,28). The molecule has 0 aliphatic heterocycles. The van der Waals surface area contributed by atoms with E-state index in [9.17, 15) is 4.79 Å². The summed E-state index contributed by atoms with van der Waals surface area (Å²) >= 11 is 0. The maximum absolute atomic E-state index is 12.7. The predicted molar refractivity (Wildman–Crippen MR) is 112 cm³/mol. The summed E-state index contributed by atoms with van der Waals surface area (Å²) in [4.78, 5) is 17.2. The van der Waals surface area contributed by atoms with Crippen molar-refractivity contribution in [1.29, 1.82) is 0 Å². The van der Waals surface area contributed by atoms with Crippen LogP contribution in [-0.4, -0.2) is 26.5 Å². The fraction of sp³-hybridized carbons (Fsp3) is 0.409. The minimum Gasteiger partial charge on any atom is -0.367 e. The first kappa shape index (κ1) is 18.5. The SMILES string of the molecule is CC(C)(C)c1ccc(C(=O)Nc2cc(NC3CCCC3)n3nccc3n2)cc1. The molecule has 0 bridgehead atoms. The van der Waals surface area contributed by atoms with Gasteiger partial charge >= 0.3 is 0 Å². The molecule has 146 valence electrons. The Morgan fingerprint density at radius 3 is 2.50 bits per heavy atom. The van der Waals surface area contributed by atoms with Gasteiger partial charge in [-0.2, -0.15) is 9.61 Å². The maximum Gasteiger partial charge on any atom is 0.256 e. The lowest BCUT2D eigenvalue weighted by Gasteiger charge is -2.19. The quantitative estimate of drug-likeness (QED) is 0.695. The highest BCUT2D eigenvalue weighted by molar-refractivity contribution is 6.04. The van der Waals surface area contributed by atoms with Crippen molar-refractivity contribution in [2.45, 2.75) is 57.9 Å². The molecule has 0 radical (unpaired) electrons. The van der Waals surface area contributed by atoms with Crippen LogP contribution in [0.15, 0.2) is 42.6 Å². The zero-order chi connectivity index (χ0) is 19.7. The fourth-order valence-corrected chi connectivity index (χ4v) is 3.67. The Morgan fingerprint density at radius 2 is 1.82 bits per heavy atom. The Hall–Kier alpha value is -2.89. The number of carbonyl (C=O) groups excluding carboxylic acids is 1. The third kappa shape index (κ3) is 3.86. The molecule has 1 aliphatic rings. The number of fused-ring (bicyclic) bond motifs is 1. The van der Waals surface area contributed by atoms with Gasteiger partial charge in [0.1, 0.15) is 11.6 Å². The van der Waals surface area contributed by atoms with E-state index in [1.54, 1.807) is 10.7 Å². The molecule has 28 heavy (non-hydrogen) atoms. The lowest BCUT2D eigenvalue weighted by molar-refractivity contribution is 0.102. The van der Waals surface area contributed by atoms with E-state index in [2.05, 4.69) is 41.5 Å². The Bertz CT molecular complexity index is 978. The number of carbonyl (C=O) groups is 1. The topological polar surface area (TPSA) is 71.3 Å². The van der Waals surface area contributed by atoms with E-state index in [-0.39, 0.29) is 11.3 Å². The van der Waals surface area contributed by atoms with E-state index < -0.39 is 0 Å². The van der Waals surface area contributed by atoms with Gasteiger partial charge in [0.15, 0.2) is 5.65 Å². The summed E-state index contributed by atoms with van der Waals surface area (Å²) in [6.45, 7) is 6.48. The number of amides is 1. The molecule has 1 amide bonds. The van der Waals surface area contributed by atoms with Crippen LogP contribution in [0.4, 0.5) is 11.6 Å². The molecular weight excluding hydrogens is 350 g/mol. The van der Waals surface area contributed by atoms with Gasteiger partial charge in [-0.25, -0.2) is 4.98 Å². The van der Waals surface area contributed by atoms with E-state index in [4.69, 9.17) is 0 Å². The number of rotatable bonds is 4. The molecule has 1 aromatic carbocycles. The van der Waals surface area contributed by atoms with Crippen LogP contribution in [0.3, 0.4) is 0 Å². The van der Waals surface area contributed by atoms with Gasteiger partial charge in [-0.1, -0.05) is 45.7 Å². The first-order valence-electron chi connectivity index (χ1n) is 9.93. The minimum absolute atomic E-state index is 0.0599. The molecule has 6 heteroatoms. The molecule has 6 nitrogen and oxygen atoms in total. The van der Waals surface area contributed by atoms with E-state index in [1.807, 2.05) is 36.4 Å². The summed E-state index contributed by atoms with van der Waals surface area (Å²) < 4.78 is 1.78. The molecule has 2 N–H and O–H groups in total. The van der Waals surface area contributed by atoms with Crippen LogP contribution in [0.1, 0.15) is 62.4 Å². The second-order valence-electron chi connectivity index (χ2n) is 8.54. The van der Waals surface area contributed by atoms with Crippen LogP contribution in [0.25, 0.3) is 5.65 Å². The lowest BCUT2D eigenvalue weighted by Crippen LogP contribution is -2.19. The Labute approximate surface area is 165 Å². The van der Waals surface area contributed by atoms with Crippen molar-refractivity contribution in [2.24, 2.45) is 0 Å². The summed E-state index contributed by atoms with van der Waals surface area (Å²) in [6, 6.07) is 11.9. The Balaban J connectivity index is 1.56. The van der Waals surface area contributed by atoms with Crippen molar-refractivity contribution < 1.29 is 4.79 Å². The van der Waals surface area contributed by atoms with Gasteiger partial charge < -0.3 is 10.6 Å². The van der Waals surface area contributed by atoms with Gasteiger partial charge in [0.2, 0.25) is 0 Å². The van der Waals surface area contributed by atoms with Crippen LogP contribution in [0, 0.1) is 0 Å². The third-order valence-corrected chi connectivity index (χ3v) is 5.32. The van der Waals surface area contributed by atoms with Crippen LogP contribution in [-0.2, 0) is 5.41 Å². The van der Waals surface area contributed by atoms with E-state index in [0.29, 0.717) is 23.1 Å². The highest BCUT2D eigenvalue weighted by atomic mass is 16.1. The van der Waals surface area contributed by atoms with Crippen LogP contribution < -0.4 is 10.6 Å². The number of nitrogens with one attached hydrogen (secondary N) is 2. The van der Waals surface area contributed by atoms with E-state index in [0.717, 1.165) is 18.7 Å². The van der Waals surface area contributed by atoms with Crippen molar-refractivity contribution in [1.82, 2.24) is 14.6 Å². The van der Waals surface area contributed by atoms with Crippen LogP contribution in [0.5, 0.6) is 0 Å². The average Bonchev–Trinajstić information content (AvgIpc) is 3.33. The van der Waals surface area contributed by atoms with Crippen molar-refractivity contribution in [3.8, 4) is 0 Å². The van der Waals surface area contributed by atoms with Gasteiger partial charge in [0, 0.05) is 23.7 Å². The summed E-state index contributed by atoms with van der Waals surface area (Å²) in [7, 11) is 0. The number of anilines is 2. The molecule has 1 saturated carbocycles. The highest BCUT2D eigenvalue weighted by Gasteiger charge is 2.18. The molecule has 2 aromatic heterocycles. The van der Waals surface area contributed by atoms with Crippen molar-refractivity contribution in [2.75, 3.05) is 10.6 Å². The molecule has 0 atom stereocenters. The van der Waals surface area contributed by atoms with Crippen LogP contribution >= 0.6 is 0 Å². The molecule has 4 rings (SSSR count). The number of hydrogen-bond donors (Lipinski definition) is 2. The summed E-state index contributed by atoms with van der Waals surface area (Å²) in [5, 5.41) is 10.8. The van der Waals surface area contributed by atoms with Crippen molar-refractivity contribution >= 4 is 23.2 Å². The first-order chi connectivity index (χ1) is 13.4. The van der Waals surface area contributed by atoms with Crippen LogP contribution in [0.2, 0.25) is 0 Å². The molecule has 3 aromatic rings.